The van der Waals surface area contributed by atoms with E-state index in [9.17, 15) is 20.0 Å². The summed E-state index contributed by atoms with van der Waals surface area (Å²) in [5, 5.41) is 33.6. The Bertz CT molecular complexity index is 2640. The average molecular weight is 808 g/mol. The van der Waals surface area contributed by atoms with Crippen LogP contribution in [0.15, 0.2) is 109 Å². The van der Waals surface area contributed by atoms with Crippen molar-refractivity contribution in [3.8, 4) is 11.8 Å². The van der Waals surface area contributed by atoms with Crippen molar-refractivity contribution in [2.45, 2.75) is 25.6 Å². The van der Waals surface area contributed by atoms with E-state index in [1.54, 1.807) is 47.3 Å². The first-order valence-corrected chi connectivity index (χ1v) is 19.2. The van der Waals surface area contributed by atoms with Gasteiger partial charge < -0.3 is 30.9 Å². The van der Waals surface area contributed by atoms with Crippen LogP contribution in [0.3, 0.4) is 0 Å². The number of hydrogen-bond acceptors (Lipinski definition) is 12. The number of carboxylic acids is 1. The van der Waals surface area contributed by atoms with Crippen LogP contribution >= 0.6 is 11.6 Å². The number of rotatable bonds is 14. The van der Waals surface area contributed by atoms with Gasteiger partial charge >= 0.3 is 5.97 Å². The summed E-state index contributed by atoms with van der Waals surface area (Å²) in [6, 6.07) is 30.3. The van der Waals surface area contributed by atoms with E-state index in [4.69, 9.17) is 11.6 Å². The van der Waals surface area contributed by atoms with Crippen molar-refractivity contribution >= 4 is 58.0 Å². The Morgan fingerprint density at radius 1 is 0.864 bits per heavy atom. The number of aliphatic carboxylic acids is 1. The number of aromatic amines is 1. The van der Waals surface area contributed by atoms with Gasteiger partial charge in [0, 0.05) is 67.8 Å². The van der Waals surface area contributed by atoms with Crippen LogP contribution in [0.2, 0.25) is 5.02 Å². The summed E-state index contributed by atoms with van der Waals surface area (Å²) < 4.78 is 1.74. The normalized spacial score (nSPS) is 13.5. The van der Waals surface area contributed by atoms with Gasteiger partial charge in [-0.3, -0.25) is 9.69 Å². The maximum absolute atomic E-state index is 13.4. The fourth-order valence-electron chi connectivity index (χ4n) is 6.79. The zero-order chi connectivity index (χ0) is 40.7. The van der Waals surface area contributed by atoms with Gasteiger partial charge in [0.05, 0.1) is 34.9 Å². The number of benzene rings is 4. The van der Waals surface area contributed by atoms with Crippen LogP contribution in [0.25, 0.3) is 16.7 Å². The monoisotopic (exact) mass is 807 g/mol. The summed E-state index contributed by atoms with van der Waals surface area (Å²) in [6.07, 6.45) is 3.67. The number of fused-ring (bicyclic) bond motifs is 1. The average Bonchev–Trinajstić information content (AvgIpc) is 3.94. The minimum atomic E-state index is -1.10. The lowest BCUT2D eigenvalue weighted by molar-refractivity contribution is -0.137. The highest BCUT2D eigenvalue weighted by atomic mass is 35.5. The first-order chi connectivity index (χ1) is 28.7. The molecule has 1 saturated heterocycles. The lowest BCUT2D eigenvalue weighted by Gasteiger charge is -2.35. The van der Waals surface area contributed by atoms with Gasteiger partial charge in [-0.2, -0.15) is 25.3 Å². The third-order valence-electron chi connectivity index (χ3n) is 9.78. The second-order valence-corrected chi connectivity index (χ2v) is 14.4. The molecule has 0 saturated carbocycles. The number of nitrogens with zero attached hydrogens (tertiary/aromatic N) is 9. The number of nitrogens with one attached hydrogen (secondary N) is 4. The van der Waals surface area contributed by atoms with Crippen LogP contribution < -0.4 is 16.0 Å². The summed E-state index contributed by atoms with van der Waals surface area (Å²) in [7, 11) is 0. The van der Waals surface area contributed by atoms with Crippen molar-refractivity contribution in [2.24, 2.45) is 0 Å². The molecule has 1 amide bonds. The van der Waals surface area contributed by atoms with E-state index in [1.807, 2.05) is 71.8 Å². The van der Waals surface area contributed by atoms with Crippen LogP contribution in [0.1, 0.15) is 32.9 Å². The van der Waals surface area contributed by atoms with E-state index in [0.717, 1.165) is 28.0 Å². The Kier molecular flexibility index (Phi) is 11.4. The molecule has 1 aliphatic heterocycles. The first-order valence-electron chi connectivity index (χ1n) is 18.8. The Balaban J connectivity index is 0.952. The van der Waals surface area contributed by atoms with Gasteiger partial charge in [0.2, 0.25) is 17.8 Å². The number of hydrogen-bond donors (Lipinski definition) is 5. The van der Waals surface area contributed by atoms with Crippen molar-refractivity contribution in [1.29, 1.82) is 5.26 Å². The van der Waals surface area contributed by atoms with E-state index in [-0.39, 0.29) is 36.7 Å². The molecule has 5 N–H and O–H groups in total. The number of aromatic nitrogens is 7. The molecule has 1 unspecified atom stereocenters. The Hall–Kier alpha value is -7.35. The number of carbonyl (C=O) groups excluding carboxylic acids is 1. The SMILES string of the molecule is N#Cc1ccc(CC(Nc2nc(NCc3nc4cc(Cl)ccc4[nH]3)nc(Nc3cccc(CN4CCN(C(=O)c5cccc(-n6cccn6)c5)CC4)c3)n2)C(=O)O)cc1. The summed E-state index contributed by atoms with van der Waals surface area (Å²) in [5.41, 5.74) is 5.97. The number of amides is 1. The predicted molar refractivity (Wildman–Crippen MR) is 223 cm³/mol. The third-order valence-corrected chi connectivity index (χ3v) is 10.0. The second-order valence-electron chi connectivity index (χ2n) is 13.9. The Labute approximate surface area is 343 Å². The van der Waals surface area contributed by atoms with Crippen molar-refractivity contribution in [3.63, 3.8) is 0 Å². The zero-order valence-electron chi connectivity index (χ0n) is 31.6. The molecule has 1 fully saturated rings. The quantitative estimate of drug-likeness (QED) is 0.0872. The predicted octanol–water partition coefficient (Wildman–Crippen LogP) is 5.88. The van der Waals surface area contributed by atoms with Crippen LogP contribution in [0, 0.1) is 11.3 Å². The van der Waals surface area contributed by atoms with Crippen LogP contribution in [0.4, 0.5) is 23.5 Å². The standard InChI is InChI=1S/C42H38ClN13O3/c43-31-12-13-34-35(23-31)49-37(48-34)25-45-40-51-41(53-42(52-40)50-36(39(58)59)21-27-8-10-28(24-44)11-9-27)47-32-6-1-4-29(20-32)26-54-16-18-55(19-17-54)38(57)30-5-2-7-33(22-30)56-15-3-14-46-56/h1-15,20,22-23,36H,16-19,21,25-26H2,(H,48,49)(H,58,59)(H3,45,47,50,51,52,53). The largest absolute Gasteiger partial charge is 0.480 e. The number of anilines is 4. The molecule has 4 aromatic carbocycles. The van der Waals surface area contributed by atoms with Crippen molar-refractivity contribution in [3.05, 3.63) is 143 Å². The smallest absolute Gasteiger partial charge is 0.326 e. The molecule has 7 aromatic rings. The van der Waals surface area contributed by atoms with Crippen LogP contribution in [-0.4, -0.2) is 93.7 Å². The number of piperazine rings is 1. The highest BCUT2D eigenvalue weighted by Crippen LogP contribution is 2.22. The molecule has 0 aliphatic carbocycles. The van der Waals surface area contributed by atoms with Crippen molar-refractivity contribution in [1.82, 2.24) is 44.5 Å². The molecule has 0 bridgehead atoms. The third kappa shape index (κ3) is 9.62. The minimum Gasteiger partial charge on any atom is -0.480 e. The van der Waals surface area contributed by atoms with Gasteiger partial charge in [0.1, 0.15) is 11.9 Å². The van der Waals surface area contributed by atoms with Gasteiger partial charge in [-0.15, -0.1) is 0 Å². The highest BCUT2D eigenvalue weighted by Gasteiger charge is 2.24. The van der Waals surface area contributed by atoms with Gasteiger partial charge in [-0.05, 0) is 77.9 Å². The van der Waals surface area contributed by atoms with Gasteiger partial charge in [0.15, 0.2) is 0 Å². The summed E-state index contributed by atoms with van der Waals surface area (Å²) in [5.74, 6) is -0.0754. The summed E-state index contributed by atoms with van der Waals surface area (Å²) >= 11 is 6.16. The molecule has 8 rings (SSSR count). The van der Waals surface area contributed by atoms with Gasteiger partial charge in [-0.25, -0.2) is 14.5 Å². The molecule has 17 heteroatoms. The van der Waals surface area contributed by atoms with E-state index in [1.165, 1.54) is 0 Å². The number of carbonyl (C=O) groups is 2. The Morgan fingerprint density at radius 3 is 2.44 bits per heavy atom. The maximum Gasteiger partial charge on any atom is 0.326 e. The van der Waals surface area contributed by atoms with E-state index in [2.05, 4.69) is 56.9 Å². The van der Waals surface area contributed by atoms with E-state index >= 15 is 0 Å². The molecule has 3 aromatic heterocycles. The fraction of sp³-hybridized carbons (Fsp3) is 0.190. The zero-order valence-corrected chi connectivity index (χ0v) is 32.3. The molecule has 4 heterocycles. The summed E-state index contributed by atoms with van der Waals surface area (Å²) in [6.45, 7) is 3.53. The molecule has 0 spiro atoms. The number of imidazole rings is 1. The molecular weight excluding hydrogens is 770 g/mol. The number of nitriles is 1. The maximum atomic E-state index is 13.4. The van der Waals surface area contributed by atoms with Gasteiger partial charge in [0.25, 0.3) is 5.91 Å². The first kappa shape index (κ1) is 38.5. The van der Waals surface area contributed by atoms with Crippen molar-refractivity contribution in [2.75, 3.05) is 42.1 Å². The molecule has 59 heavy (non-hydrogen) atoms. The molecular formula is C42H38ClN13O3. The molecule has 1 aliphatic rings. The minimum absolute atomic E-state index is 0.00338. The molecule has 296 valence electrons. The molecule has 1 atom stereocenters. The van der Waals surface area contributed by atoms with E-state index < -0.39 is 12.0 Å². The summed E-state index contributed by atoms with van der Waals surface area (Å²) in [4.78, 5) is 51.5. The van der Waals surface area contributed by atoms with Crippen LogP contribution in [-0.2, 0) is 24.3 Å². The Morgan fingerprint density at radius 2 is 1.66 bits per heavy atom. The van der Waals surface area contributed by atoms with Gasteiger partial charge in [-0.1, -0.05) is 41.9 Å². The van der Waals surface area contributed by atoms with E-state index in [0.29, 0.717) is 60.2 Å². The van der Waals surface area contributed by atoms with Crippen molar-refractivity contribution < 1.29 is 14.7 Å². The lowest BCUT2D eigenvalue weighted by atomic mass is 10.0. The fourth-order valence-corrected chi connectivity index (χ4v) is 6.96. The number of halogens is 1. The second kappa shape index (κ2) is 17.4. The van der Waals surface area contributed by atoms with Crippen LogP contribution in [0.5, 0.6) is 0 Å². The number of H-pyrrole nitrogens is 1. The topological polar surface area (TPSA) is 206 Å². The number of carboxylic acid groups (broad SMARTS) is 1. The highest BCUT2D eigenvalue weighted by molar-refractivity contribution is 6.31. The lowest BCUT2D eigenvalue weighted by Crippen LogP contribution is -2.48. The molecule has 0 radical (unpaired) electrons. The molecule has 16 nitrogen and oxygen atoms in total.